The molecule has 0 heterocycles. The van der Waals surface area contributed by atoms with Gasteiger partial charge in [0.2, 0.25) is 5.91 Å². The molecular formula is C19H21FN2O5S. The van der Waals surface area contributed by atoms with Crippen molar-refractivity contribution < 1.29 is 27.1 Å². The summed E-state index contributed by atoms with van der Waals surface area (Å²) < 4.78 is 46.2. The Morgan fingerprint density at radius 2 is 1.71 bits per heavy atom. The van der Waals surface area contributed by atoms with Crippen molar-refractivity contribution in [3.8, 4) is 0 Å². The van der Waals surface area contributed by atoms with Gasteiger partial charge in [0.15, 0.2) is 0 Å². The zero-order chi connectivity index (χ0) is 20.9. The summed E-state index contributed by atoms with van der Waals surface area (Å²) in [7, 11) is -4.27. The third kappa shape index (κ3) is 5.29. The van der Waals surface area contributed by atoms with Crippen LogP contribution in [-0.4, -0.2) is 32.9 Å². The lowest BCUT2D eigenvalue weighted by Crippen LogP contribution is -2.37. The monoisotopic (exact) mass is 408 g/mol. The van der Waals surface area contributed by atoms with E-state index in [1.807, 2.05) is 0 Å². The van der Waals surface area contributed by atoms with Crippen LogP contribution in [0.4, 0.5) is 15.8 Å². The SMILES string of the molecule is CC(=O)Nc1ccc(S(=O)(=O)N(CC(=O)OC(C)C)c2ccccc2F)cc1. The summed E-state index contributed by atoms with van der Waals surface area (Å²) in [5.74, 6) is -1.91. The van der Waals surface area contributed by atoms with Crippen LogP contribution in [-0.2, 0) is 24.3 Å². The minimum Gasteiger partial charge on any atom is -0.462 e. The quantitative estimate of drug-likeness (QED) is 0.711. The van der Waals surface area contributed by atoms with E-state index in [-0.39, 0.29) is 16.5 Å². The molecule has 0 aliphatic rings. The first-order chi connectivity index (χ1) is 13.1. The van der Waals surface area contributed by atoms with Crippen molar-refractivity contribution in [3.63, 3.8) is 0 Å². The summed E-state index contributed by atoms with van der Waals surface area (Å²) in [5.41, 5.74) is 0.136. The van der Waals surface area contributed by atoms with E-state index in [1.54, 1.807) is 13.8 Å². The summed E-state index contributed by atoms with van der Waals surface area (Å²) >= 11 is 0. The fourth-order valence-electron chi connectivity index (χ4n) is 2.41. The molecule has 1 N–H and O–H groups in total. The molecule has 0 bridgehead atoms. The van der Waals surface area contributed by atoms with E-state index in [0.29, 0.717) is 9.99 Å². The second-order valence-electron chi connectivity index (χ2n) is 6.21. The second-order valence-corrected chi connectivity index (χ2v) is 8.07. The van der Waals surface area contributed by atoms with Gasteiger partial charge in [-0.3, -0.25) is 13.9 Å². The molecule has 0 aliphatic carbocycles. The largest absolute Gasteiger partial charge is 0.462 e. The van der Waals surface area contributed by atoms with E-state index >= 15 is 0 Å². The van der Waals surface area contributed by atoms with Crippen LogP contribution in [0, 0.1) is 5.82 Å². The lowest BCUT2D eigenvalue weighted by molar-refractivity contribution is -0.145. The van der Waals surface area contributed by atoms with E-state index in [1.165, 1.54) is 49.4 Å². The Morgan fingerprint density at radius 1 is 1.11 bits per heavy atom. The van der Waals surface area contributed by atoms with E-state index < -0.39 is 34.5 Å². The van der Waals surface area contributed by atoms with Crippen molar-refractivity contribution in [1.29, 1.82) is 0 Å². The number of halogens is 1. The topological polar surface area (TPSA) is 92.8 Å². The number of carbonyl (C=O) groups is 2. The van der Waals surface area contributed by atoms with Gasteiger partial charge in [-0.05, 0) is 50.2 Å². The maximum absolute atomic E-state index is 14.3. The van der Waals surface area contributed by atoms with Gasteiger partial charge in [-0.15, -0.1) is 0 Å². The smallest absolute Gasteiger partial charge is 0.327 e. The van der Waals surface area contributed by atoms with Crippen LogP contribution in [0.15, 0.2) is 53.4 Å². The second kappa shape index (κ2) is 8.83. The zero-order valence-corrected chi connectivity index (χ0v) is 16.5. The minimum atomic E-state index is -4.27. The fraction of sp³-hybridized carbons (Fsp3) is 0.263. The summed E-state index contributed by atoms with van der Waals surface area (Å²) in [6.45, 7) is 3.89. The maximum Gasteiger partial charge on any atom is 0.327 e. The molecule has 0 aliphatic heterocycles. The highest BCUT2D eigenvalue weighted by molar-refractivity contribution is 7.92. The number of para-hydroxylation sites is 1. The zero-order valence-electron chi connectivity index (χ0n) is 15.7. The van der Waals surface area contributed by atoms with Crippen molar-refractivity contribution in [2.75, 3.05) is 16.2 Å². The highest BCUT2D eigenvalue weighted by Crippen LogP contribution is 2.27. The number of ether oxygens (including phenoxy) is 1. The van der Waals surface area contributed by atoms with Gasteiger partial charge in [0, 0.05) is 12.6 Å². The molecular weight excluding hydrogens is 387 g/mol. The Hall–Kier alpha value is -2.94. The number of rotatable bonds is 7. The summed E-state index contributed by atoms with van der Waals surface area (Å²) in [6.07, 6.45) is -0.449. The standard InChI is InChI=1S/C19H21FN2O5S/c1-13(2)27-19(24)12-22(18-7-5-4-6-17(18)20)28(25,26)16-10-8-15(9-11-16)21-14(3)23/h4-11,13H,12H2,1-3H3,(H,21,23). The van der Waals surface area contributed by atoms with Crippen molar-refractivity contribution in [1.82, 2.24) is 0 Å². The molecule has 0 radical (unpaired) electrons. The van der Waals surface area contributed by atoms with Crippen LogP contribution >= 0.6 is 0 Å². The summed E-state index contributed by atoms with van der Waals surface area (Å²) in [4.78, 5) is 23.0. The number of sulfonamides is 1. The Balaban J connectivity index is 2.44. The van der Waals surface area contributed by atoms with Crippen LogP contribution in [0.5, 0.6) is 0 Å². The normalized spacial score (nSPS) is 11.2. The Labute approximate surface area is 163 Å². The van der Waals surface area contributed by atoms with Gasteiger partial charge in [-0.2, -0.15) is 0 Å². The van der Waals surface area contributed by atoms with Gasteiger partial charge < -0.3 is 10.1 Å². The highest BCUT2D eigenvalue weighted by atomic mass is 32.2. The number of hydrogen-bond donors (Lipinski definition) is 1. The van der Waals surface area contributed by atoms with Crippen LogP contribution < -0.4 is 9.62 Å². The predicted molar refractivity (Wildman–Crippen MR) is 103 cm³/mol. The average molecular weight is 408 g/mol. The maximum atomic E-state index is 14.3. The predicted octanol–water partition coefficient (Wildman–Crippen LogP) is 2.93. The van der Waals surface area contributed by atoms with Crippen molar-refractivity contribution in [3.05, 3.63) is 54.3 Å². The molecule has 1 amide bonds. The van der Waals surface area contributed by atoms with E-state index in [4.69, 9.17) is 4.74 Å². The van der Waals surface area contributed by atoms with Gasteiger partial charge in [0.25, 0.3) is 10.0 Å². The van der Waals surface area contributed by atoms with Gasteiger partial charge in [-0.1, -0.05) is 12.1 Å². The van der Waals surface area contributed by atoms with Gasteiger partial charge >= 0.3 is 5.97 Å². The number of anilines is 2. The number of amides is 1. The molecule has 2 rings (SSSR count). The molecule has 2 aromatic carbocycles. The molecule has 0 atom stereocenters. The molecule has 0 spiro atoms. The molecule has 0 fully saturated rings. The number of nitrogens with zero attached hydrogens (tertiary/aromatic N) is 1. The Morgan fingerprint density at radius 3 is 2.25 bits per heavy atom. The third-order valence-corrected chi connectivity index (χ3v) is 5.30. The lowest BCUT2D eigenvalue weighted by Gasteiger charge is -2.24. The Bertz CT molecular complexity index is 959. The minimum absolute atomic E-state index is 0.165. The lowest BCUT2D eigenvalue weighted by atomic mass is 10.3. The number of esters is 1. The first-order valence-electron chi connectivity index (χ1n) is 8.45. The molecule has 28 heavy (non-hydrogen) atoms. The molecule has 7 nitrogen and oxygen atoms in total. The first kappa shape index (κ1) is 21.4. The van der Waals surface area contributed by atoms with Crippen LogP contribution in [0.3, 0.4) is 0 Å². The number of hydrogen-bond acceptors (Lipinski definition) is 5. The molecule has 0 unspecified atom stereocenters. The van der Waals surface area contributed by atoms with E-state index in [0.717, 1.165) is 6.07 Å². The molecule has 0 saturated heterocycles. The molecule has 0 saturated carbocycles. The van der Waals surface area contributed by atoms with Crippen molar-refractivity contribution in [2.24, 2.45) is 0 Å². The van der Waals surface area contributed by atoms with Crippen molar-refractivity contribution >= 4 is 33.3 Å². The molecule has 9 heteroatoms. The van der Waals surface area contributed by atoms with Crippen molar-refractivity contribution in [2.45, 2.75) is 31.8 Å². The van der Waals surface area contributed by atoms with E-state index in [2.05, 4.69) is 5.32 Å². The molecule has 2 aromatic rings. The Kier molecular flexibility index (Phi) is 6.74. The number of benzene rings is 2. The van der Waals surface area contributed by atoms with Gasteiger partial charge in [0.1, 0.15) is 12.4 Å². The number of carbonyl (C=O) groups excluding carboxylic acids is 2. The fourth-order valence-corrected chi connectivity index (χ4v) is 3.83. The number of nitrogens with one attached hydrogen (secondary N) is 1. The summed E-state index contributed by atoms with van der Waals surface area (Å²) in [5, 5.41) is 2.53. The highest BCUT2D eigenvalue weighted by Gasteiger charge is 2.30. The van der Waals surface area contributed by atoms with Crippen LogP contribution in [0.1, 0.15) is 20.8 Å². The molecule has 150 valence electrons. The molecule has 0 aromatic heterocycles. The summed E-state index contributed by atoms with van der Waals surface area (Å²) in [6, 6.07) is 10.6. The third-order valence-electron chi connectivity index (χ3n) is 3.52. The van der Waals surface area contributed by atoms with E-state index in [9.17, 15) is 22.4 Å². The first-order valence-corrected chi connectivity index (χ1v) is 9.89. The van der Waals surface area contributed by atoms with Crippen LogP contribution in [0.2, 0.25) is 0 Å². The van der Waals surface area contributed by atoms with Gasteiger partial charge in [0.05, 0.1) is 16.7 Å². The average Bonchev–Trinajstić information content (AvgIpc) is 2.59. The van der Waals surface area contributed by atoms with Crippen LogP contribution in [0.25, 0.3) is 0 Å². The van der Waals surface area contributed by atoms with Gasteiger partial charge in [-0.25, -0.2) is 12.8 Å².